The van der Waals surface area contributed by atoms with Crippen molar-refractivity contribution in [1.82, 2.24) is 5.32 Å². The van der Waals surface area contributed by atoms with Gasteiger partial charge in [-0.15, -0.1) is 11.3 Å². The lowest BCUT2D eigenvalue weighted by molar-refractivity contribution is -0.122. The summed E-state index contributed by atoms with van der Waals surface area (Å²) < 4.78 is 0.994. The first-order valence-corrected chi connectivity index (χ1v) is 9.64. The second-order valence-corrected chi connectivity index (χ2v) is 8.19. The van der Waals surface area contributed by atoms with Gasteiger partial charge in [-0.25, -0.2) is 0 Å². The van der Waals surface area contributed by atoms with Crippen LogP contribution < -0.4 is 5.32 Å². The molecule has 2 aromatic rings. The van der Waals surface area contributed by atoms with Crippen molar-refractivity contribution in [3.05, 3.63) is 68.0 Å². The molecule has 0 unspecified atom stereocenters. The molecule has 5 heteroatoms. The number of halogens is 1. The highest BCUT2D eigenvalue weighted by Crippen LogP contribution is 2.43. The SMILES string of the molecule is O=C1C[C@@H](c2ccc(Br)cc2)C2=C(C[C@H](c3cccs3)CC2=O)N1. The average molecular weight is 402 g/mol. The third kappa shape index (κ3) is 2.87. The summed E-state index contributed by atoms with van der Waals surface area (Å²) in [6.45, 7) is 0. The molecule has 24 heavy (non-hydrogen) atoms. The number of carbonyl (C=O) groups is 2. The predicted molar refractivity (Wildman–Crippen MR) is 98.0 cm³/mol. The van der Waals surface area contributed by atoms with Crippen LogP contribution in [0, 0.1) is 0 Å². The Bertz CT molecular complexity index is 824. The number of nitrogens with one attached hydrogen (secondary N) is 1. The van der Waals surface area contributed by atoms with Gasteiger partial charge in [0.25, 0.3) is 0 Å². The Labute approximate surface area is 152 Å². The summed E-state index contributed by atoms with van der Waals surface area (Å²) >= 11 is 5.11. The molecular weight excluding hydrogens is 386 g/mol. The summed E-state index contributed by atoms with van der Waals surface area (Å²) in [5.74, 6) is 0.225. The van der Waals surface area contributed by atoms with Crippen molar-refractivity contribution >= 4 is 39.0 Å². The molecule has 1 aliphatic carbocycles. The van der Waals surface area contributed by atoms with Crippen LogP contribution in [-0.4, -0.2) is 11.7 Å². The Kier molecular flexibility index (Phi) is 4.14. The lowest BCUT2D eigenvalue weighted by atomic mass is 9.75. The minimum absolute atomic E-state index is 0.00120. The van der Waals surface area contributed by atoms with E-state index in [4.69, 9.17) is 0 Å². The van der Waals surface area contributed by atoms with Crippen LogP contribution in [0.2, 0.25) is 0 Å². The number of thiophene rings is 1. The van der Waals surface area contributed by atoms with E-state index in [-0.39, 0.29) is 23.5 Å². The fourth-order valence-corrected chi connectivity index (χ4v) is 4.76. The second-order valence-electron chi connectivity index (χ2n) is 6.29. The first-order chi connectivity index (χ1) is 11.6. The molecule has 2 aliphatic rings. The Morgan fingerprint density at radius 1 is 1.04 bits per heavy atom. The zero-order chi connectivity index (χ0) is 16.7. The number of amides is 1. The Hall–Kier alpha value is -1.72. The van der Waals surface area contributed by atoms with Crippen molar-refractivity contribution in [3.8, 4) is 0 Å². The largest absolute Gasteiger partial charge is 0.329 e. The van der Waals surface area contributed by atoms with E-state index in [1.165, 1.54) is 4.88 Å². The van der Waals surface area contributed by atoms with Gasteiger partial charge in [-0.1, -0.05) is 34.1 Å². The zero-order valence-electron chi connectivity index (χ0n) is 12.9. The van der Waals surface area contributed by atoms with Gasteiger partial charge in [-0.05, 0) is 35.6 Å². The minimum atomic E-state index is -0.126. The Balaban J connectivity index is 1.72. The summed E-state index contributed by atoms with van der Waals surface area (Å²) in [6, 6.07) is 12.0. The summed E-state index contributed by atoms with van der Waals surface area (Å²) in [6.07, 6.45) is 1.61. The van der Waals surface area contributed by atoms with Crippen LogP contribution >= 0.6 is 27.3 Å². The van der Waals surface area contributed by atoms with Crippen molar-refractivity contribution in [2.45, 2.75) is 31.1 Å². The van der Waals surface area contributed by atoms with Crippen LogP contribution in [0.4, 0.5) is 0 Å². The van der Waals surface area contributed by atoms with Crippen LogP contribution in [-0.2, 0) is 9.59 Å². The monoisotopic (exact) mass is 401 g/mol. The Morgan fingerprint density at radius 2 is 1.83 bits per heavy atom. The molecule has 0 fully saturated rings. The molecule has 0 spiro atoms. The molecule has 1 N–H and O–H groups in total. The lowest BCUT2D eigenvalue weighted by Crippen LogP contribution is -2.38. The minimum Gasteiger partial charge on any atom is -0.329 e. The molecule has 0 saturated heterocycles. The molecule has 3 nitrogen and oxygen atoms in total. The van der Waals surface area contributed by atoms with Crippen LogP contribution in [0.15, 0.2) is 57.5 Å². The van der Waals surface area contributed by atoms with Crippen LogP contribution in [0.25, 0.3) is 0 Å². The van der Waals surface area contributed by atoms with Gasteiger partial charge in [-0.2, -0.15) is 0 Å². The Morgan fingerprint density at radius 3 is 2.54 bits per heavy atom. The number of hydrogen-bond donors (Lipinski definition) is 1. The van der Waals surface area contributed by atoms with Crippen molar-refractivity contribution < 1.29 is 9.59 Å². The third-order valence-corrected chi connectivity index (χ3v) is 6.32. The number of allylic oxidation sites excluding steroid dienone is 2. The molecule has 1 aromatic heterocycles. The quantitative estimate of drug-likeness (QED) is 0.803. The highest BCUT2D eigenvalue weighted by Gasteiger charge is 2.38. The number of hydrogen-bond acceptors (Lipinski definition) is 3. The van der Waals surface area contributed by atoms with Crippen LogP contribution in [0.1, 0.15) is 41.5 Å². The third-order valence-electron chi connectivity index (χ3n) is 4.75. The second kappa shape index (κ2) is 6.30. The first kappa shape index (κ1) is 15.8. The van der Waals surface area contributed by atoms with Gasteiger partial charge in [0.2, 0.25) is 5.91 Å². The van der Waals surface area contributed by atoms with E-state index in [2.05, 4.69) is 27.3 Å². The van der Waals surface area contributed by atoms with Crippen molar-refractivity contribution in [2.24, 2.45) is 0 Å². The van der Waals surface area contributed by atoms with E-state index >= 15 is 0 Å². The molecule has 4 rings (SSSR count). The molecule has 1 amide bonds. The van der Waals surface area contributed by atoms with Gasteiger partial charge in [0, 0.05) is 45.3 Å². The number of carbonyl (C=O) groups excluding carboxylic acids is 2. The summed E-state index contributed by atoms with van der Waals surface area (Å²) in [5.41, 5.74) is 2.67. The van der Waals surface area contributed by atoms with Crippen molar-refractivity contribution in [2.75, 3.05) is 0 Å². The molecule has 0 radical (unpaired) electrons. The normalized spacial score (nSPS) is 23.9. The maximum absolute atomic E-state index is 12.9. The molecular formula is C19H16BrNO2S. The fourth-order valence-electron chi connectivity index (χ4n) is 3.66. The van der Waals surface area contributed by atoms with Crippen molar-refractivity contribution in [3.63, 3.8) is 0 Å². The van der Waals surface area contributed by atoms with Crippen LogP contribution in [0.5, 0.6) is 0 Å². The smallest absolute Gasteiger partial charge is 0.225 e. The molecule has 1 aliphatic heterocycles. The van der Waals surface area contributed by atoms with E-state index in [0.29, 0.717) is 12.8 Å². The van der Waals surface area contributed by atoms with Crippen LogP contribution in [0.3, 0.4) is 0 Å². The average Bonchev–Trinajstić information content (AvgIpc) is 3.09. The van der Waals surface area contributed by atoms with Gasteiger partial charge in [0.1, 0.15) is 0 Å². The maximum Gasteiger partial charge on any atom is 0.225 e. The summed E-state index contributed by atoms with van der Waals surface area (Å²) in [4.78, 5) is 26.3. The number of Topliss-reactive ketones (excluding diaryl/α,β-unsaturated/α-hetero) is 1. The van der Waals surface area contributed by atoms with Gasteiger partial charge in [-0.3, -0.25) is 9.59 Å². The highest BCUT2D eigenvalue weighted by atomic mass is 79.9. The number of rotatable bonds is 2. The van der Waals surface area contributed by atoms with Gasteiger partial charge < -0.3 is 5.32 Å². The molecule has 2 atom stereocenters. The van der Waals surface area contributed by atoms with Crippen molar-refractivity contribution in [1.29, 1.82) is 0 Å². The highest BCUT2D eigenvalue weighted by molar-refractivity contribution is 9.10. The molecule has 0 saturated carbocycles. The first-order valence-electron chi connectivity index (χ1n) is 7.97. The standard InChI is InChI=1S/C19H16BrNO2S/c20-13-5-3-11(4-6-13)14-10-18(23)21-15-8-12(9-16(22)19(14)15)17-2-1-7-24-17/h1-7,12,14H,8-10H2,(H,21,23)/t12-,14-/m0/s1. The predicted octanol–water partition coefficient (Wildman–Crippen LogP) is 4.51. The van der Waals surface area contributed by atoms with E-state index in [1.54, 1.807) is 11.3 Å². The van der Waals surface area contributed by atoms with Gasteiger partial charge in [0.15, 0.2) is 5.78 Å². The molecule has 1 aromatic carbocycles. The van der Waals surface area contributed by atoms with E-state index in [1.807, 2.05) is 35.7 Å². The zero-order valence-corrected chi connectivity index (χ0v) is 15.3. The summed E-state index contributed by atoms with van der Waals surface area (Å²) in [5, 5.41) is 5.00. The van der Waals surface area contributed by atoms with E-state index < -0.39 is 0 Å². The number of benzene rings is 1. The van der Waals surface area contributed by atoms with Gasteiger partial charge in [0.05, 0.1) is 0 Å². The molecule has 2 heterocycles. The van der Waals surface area contributed by atoms with E-state index in [9.17, 15) is 9.59 Å². The summed E-state index contributed by atoms with van der Waals surface area (Å²) in [7, 11) is 0. The molecule has 122 valence electrons. The topological polar surface area (TPSA) is 46.2 Å². The lowest BCUT2D eigenvalue weighted by Gasteiger charge is -2.34. The van der Waals surface area contributed by atoms with Gasteiger partial charge >= 0.3 is 0 Å². The molecule has 0 bridgehead atoms. The maximum atomic E-state index is 12.9. The fraction of sp³-hybridized carbons (Fsp3) is 0.263. The number of ketones is 1. The van der Waals surface area contributed by atoms with E-state index in [0.717, 1.165) is 27.7 Å².